The summed E-state index contributed by atoms with van der Waals surface area (Å²) in [5.74, 6) is -0.807. The number of rotatable bonds is 7. The Kier molecular flexibility index (Phi) is 6.03. The van der Waals surface area contributed by atoms with Gasteiger partial charge in [0.25, 0.3) is 0 Å². The van der Waals surface area contributed by atoms with Gasteiger partial charge in [0.15, 0.2) is 6.61 Å². The molecule has 0 saturated heterocycles. The Labute approximate surface area is 143 Å². The van der Waals surface area contributed by atoms with Crippen LogP contribution in [-0.2, 0) is 6.54 Å². The highest BCUT2D eigenvalue weighted by atomic mass is 19.4. The number of hydrogen-bond acceptors (Lipinski definition) is 3. The van der Waals surface area contributed by atoms with Crippen LogP contribution < -0.4 is 10.1 Å². The normalized spacial score (nSPS) is 12.6. The van der Waals surface area contributed by atoms with E-state index in [4.69, 9.17) is 5.11 Å². The molecule has 2 rings (SSSR count). The molecule has 0 amide bonds. The van der Waals surface area contributed by atoms with E-state index in [2.05, 4.69) is 10.1 Å². The van der Waals surface area contributed by atoms with Crippen LogP contribution in [0.2, 0.25) is 0 Å². The number of carboxylic acid groups (broad SMARTS) is 1. The highest BCUT2D eigenvalue weighted by molar-refractivity contribution is 5.87. The third kappa shape index (κ3) is 6.11. The number of nitrogens with one attached hydrogen (secondary N) is 1. The predicted molar refractivity (Wildman–Crippen MR) is 86.6 cm³/mol. The minimum absolute atomic E-state index is 0.0317. The minimum atomic E-state index is -4.36. The van der Waals surface area contributed by atoms with E-state index in [1.165, 1.54) is 24.3 Å². The second-order valence-electron chi connectivity index (χ2n) is 5.58. The zero-order chi connectivity index (χ0) is 18.4. The quantitative estimate of drug-likeness (QED) is 0.784. The van der Waals surface area contributed by atoms with Gasteiger partial charge in [-0.2, -0.15) is 13.2 Å². The van der Waals surface area contributed by atoms with E-state index < -0.39 is 18.8 Å². The first-order valence-electron chi connectivity index (χ1n) is 7.60. The van der Waals surface area contributed by atoms with Crippen molar-refractivity contribution in [2.24, 2.45) is 0 Å². The Hall–Kier alpha value is -2.54. The lowest BCUT2D eigenvalue weighted by Gasteiger charge is -2.15. The standard InChI is InChI=1S/C18H18F3NO3/c1-12(22-10-13-2-4-15(5-3-13)17(23)24)14-6-8-16(9-7-14)25-11-18(19,20)21/h2-9,12,22H,10-11H2,1H3,(H,23,24). The van der Waals surface area contributed by atoms with Crippen LogP contribution in [0.3, 0.4) is 0 Å². The van der Waals surface area contributed by atoms with Crippen LogP contribution in [0.1, 0.15) is 34.5 Å². The van der Waals surface area contributed by atoms with Gasteiger partial charge in [-0.15, -0.1) is 0 Å². The molecule has 0 saturated carbocycles. The monoisotopic (exact) mass is 353 g/mol. The molecular weight excluding hydrogens is 335 g/mol. The number of benzene rings is 2. The maximum Gasteiger partial charge on any atom is 0.422 e. The molecule has 0 spiro atoms. The molecule has 7 heteroatoms. The van der Waals surface area contributed by atoms with Gasteiger partial charge >= 0.3 is 12.1 Å². The average molecular weight is 353 g/mol. The molecule has 1 atom stereocenters. The average Bonchev–Trinajstić information content (AvgIpc) is 2.58. The minimum Gasteiger partial charge on any atom is -0.484 e. The largest absolute Gasteiger partial charge is 0.484 e. The van der Waals surface area contributed by atoms with E-state index in [1.807, 2.05) is 6.92 Å². The molecule has 0 bridgehead atoms. The van der Waals surface area contributed by atoms with E-state index in [0.717, 1.165) is 11.1 Å². The van der Waals surface area contributed by atoms with Crippen molar-refractivity contribution in [1.29, 1.82) is 0 Å². The maximum absolute atomic E-state index is 12.1. The number of ether oxygens (including phenoxy) is 1. The van der Waals surface area contributed by atoms with E-state index in [1.54, 1.807) is 24.3 Å². The molecule has 4 nitrogen and oxygen atoms in total. The summed E-state index contributed by atoms with van der Waals surface area (Å²) in [6.45, 7) is 1.15. The van der Waals surface area contributed by atoms with Crippen molar-refractivity contribution in [2.45, 2.75) is 25.7 Å². The van der Waals surface area contributed by atoms with Crippen molar-refractivity contribution in [2.75, 3.05) is 6.61 Å². The second-order valence-corrected chi connectivity index (χ2v) is 5.58. The number of hydrogen-bond donors (Lipinski definition) is 2. The first-order chi connectivity index (χ1) is 11.7. The SMILES string of the molecule is CC(NCc1ccc(C(=O)O)cc1)c1ccc(OCC(F)(F)F)cc1. The fourth-order valence-electron chi connectivity index (χ4n) is 2.17. The van der Waals surface area contributed by atoms with Gasteiger partial charge < -0.3 is 15.2 Å². The van der Waals surface area contributed by atoms with Crippen molar-refractivity contribution in [3.05, 3.63) is 65.2 Å². The van der Waals surface area contributed by atoms with E-state index in [9.17, 15) is 18.0 Å². The molecule has 2 N–H and O–H groups in total. The smallest absolute Gasteiger partial charge is 0.422 e. The lowest BCUT2D eigenvalue weighted by Crippen LogP contribution is -2.19. The van der Waals surface area contributed by atoms with Crippen LogP contribution in [0.25, 0.3) is 0 Å². The highest BCUT2D eigenvalue weighted by Crippen LogP contribution is 2.21. The lowest BCUT2D eigenvalue weighted by molar-refractivity contribution is -0.153. The summed E-state index contributed by atoms with van der Waals surface area (Å²) >= 11 is 0. The topological polar surface area (TPSA) is 58.6 Å². The number of carbonyl (C=O) groups is 1. The fourth-order valence-corrected chi connectivity index (χ4v) is 2.17. The Morgan fingerprint density at radius 1 is 1.12 bits per heavy atom. The molecular formula is C18H18F3NO3. The van der Waals surface area contributed by atoms with E-state index in [-0.39, 0.29) is 17.4 Å². The fraction of sp³-hybridized carbons (Fsp3) is 0.278. The van der Waals surface area contributed by atoms with Gasteiger partial charge in [0.1, 0.15) is 5.75 Å². The lowest BCUT2D eigenvalue weighted by atomic mass is 10.1. The van der Waals surface area contributed by atoms with Crippen molar-refractivity contribution in [3.8, 4) is 5.75 Å². The summed E-state index contributed by atoms with van der Waals surface area (Å²) in [6, 6.07) is 12.9. The van der Waals surface area contributed by atoms with Crippen molar-refractivity contribution in [3.63, 3.8) is 0 Å². The second kappa shape index (κ2) is 8.02. The van der Waals surface area contributed by atoms with Crippen molar-refractivity contribution >= 4 is 5.97 Å². The number of alkyl halides is 3. The zero-order valence-corrected chi connectivity index (χ0v) is 13.5. The molecule has 0 aliphatic rings. The highest BCUT2D eigenvalue weighted by Gasteiger charge is 2.28. The Morgan fingerprint density at radius 2 is 1.72 bits per heavy atom. The predicted octanol–water partition coefficient (Wildman–Crippen LogP) is 4.18. The first kappa shape index (κ1) is 18.8. The third-order valence-corrected chi connectivity index (χ3v) is 3.60. The van der Waals surface area contributed by atoms with Gasteiger partial charge in [0.05, 0.1) is 5.56 Å². The van der Waals surface area contributed by atoms with Gasteiger partial charge in [-0.1, -0.05) is 24.3 Å². The van der Waals surface area contributed by atoms with Gasteiger partial charge in [-0.25, -0.2) is 4.79 Å². The summed E-state index contributed by atoms with van der Waals surface area (Å²) in [4.78, 5) is 10.8. The molecule has 2 aromatic rings. The summed E-state index contributed by atoms with van der Waals surface area (Å²) in [5, 5.41) is 12.1. The molecule has 1 unspecified atom stereocenters. The third-order valence-electron chi connectivity index (χ3n) is 3.60. The Bertz CT molecular complexity index is 697. The molecule has 0 aliphatic carbocycles. The summed E-state index contributed by atoms with van der Waals surface area (Å²) in [5.41, 5.74) is 2.06. The van der Waals surface area contributed by atoms with Crippen LogP contribution in [0.5, 0.6) is 5.75 Å². The molecule has 134 valence electrons. The Morgan fingerprint density at radius 3 is 2.24 bits per heavy atom. The molecule has 0 fully saturated rings. The van der Waals surface area contributed by atoms with Crippen molar-refractivity contribution in [1.82, 2.24) is 5.32 Å². The van der Waals surface area contributed by atoms with Crippen LogP contribution in [0.4, 0.5) is 13.2 Å². The van der Waals surface area contributed by atoms with Crippen LogP contribution in [0.15, 0.2) is 48.5 Å². The van der Waals surface area contributed by atoms with Crippen LogP contribution >= 0.6 is 0 Å². The summed E-state index contributed by atoms with van der Waals surface area (Å²) in [7, 11) is 0. The molecule has 2 aromatic carbocycles. The first-order valence-corrected chi connectivity index (χ1v) is 7.60. The van der Waals surface area contributed by atoms with E-state index in [0.29, 0.717) is 6.54 Å². The van der Waals surface area contributed by atoms with Gasteiger partial charge in [0, 0.05) is 12.6 Å². The molecule has 0 radical (unpaired) electrons. The zero-order valence-electron chi connectivity index (χ0n) is 13.5. The number of carboxylic acids is 1. The number of halogens is 3. The maximum atomic E-state index is 12.1. The van der Waals surface area contributed by atoms with Gasteiger partial charge in [0.2, 0.25) is 0 Å². The van der Waals surface area contributed by atoms with Gasteiger partial charge in [-0.05, 0) is 42.3 Å². The van der Waals surface area contributed by atoms with Crippen LogP contribution in [-0.4, -0.2) is 23.9 Å². The number of aromatic carboxylic acids is 1. The van der Waals surface area contributed by atoms with E-state index >= 15 is 0 Å². The molecule has 25 heavy (non-hydrogen) atoms. The molecule has 0 aliphatic heterocycles. The van der Waals surface area contributed by atoms with Crippen molar-refractivity contribution < 1.29 is 27.8 Å². The summed E-state index contributed by atoms with van der Waals surface area (Å²) < 4.78 is 41.0. The van der Waals surface area contributed by atoms with Crippen LogP contribution in [0, 0.1) is 0 Å². The molecule has 0 heterocycles. The summed E-state index contributed by atoms with van der Waals surface area (Å²) in [6.07, 6.45) is -4.36. The molecule has 0 aromatic heterocycles. The van der Waals surface area contributed by atoms with Gasteiger partial charge in [-0.3, -0.25) is 0 Å². The Balaban J connectivity index is 1.87.